The number of hydrogen-bond acceptors (Lipinski definition) is 5. The molecule has 0 fully saturated rings. The van der Waals surface area contributed by atoms with Crippen LogP contribution in [0, 0.1) is 0 Å². The Morgan fingerprint density at radius 2 is 1.60 bits per heavy atom. The summed E-state index contributed by atoms with van der Waals surface area (Å²) < 4.78 is 35.6. The summed E-state index contributed by atoms with van der Waals surface area (Å²) >= 11 is 3.42. The largest absolute Gasteiger partial charge is 0.492 e. The molecule has 0 aliphatic carbocycles. The number of carbonyl (C=O) groups excluding carboxylic acids is 2. The van der Waals surface area contributed by atoms with Crippen molar-refractivity contribution in [3.63, 3.8) is 0 Å². The Balaban J connectivity index is 2.03. The molecule has 0 unspecified atom stereocenters. The summed E-state index contributed by atoms with van der Waals surface area (Å²) in [6, 6.07) is 21.3. The number of halogens is 1. The number of rotatable bonds is 14. The average molecular weight is 631 g/mol. The van der Waals surface area contributed by atoms with Gasteiger partial charge in [0, 0.05) is 17.6 Å². The lowest BCUT2D eigenvalue weighted by Gasteiger charge is -2.32. The summed E-state index contributed by atoms with van der Waals surface area (Å²) in [6.07, 6.45) is 1.73. The molecule has 0 aromatic heterocycles. The molecule has 0 bridgehead atoms. The molecule has 3 rings (SSSR count). The second kappa shape index (κ2) is 14.9. The predicted molar refractivity (Wildman–Crippen MR) is 161 cm³/mol. The van der Waals surface area contributed by atoms with Crippen LogP contribution in [0.4, 0.5) is 5.69 Å². The van der Waals surface area contributed by atoms with E-state index in [2.05, 4.69) is 21.2 Å². The Morgan fingerprint density at radius 1 is 0.950 bits per heavy atom. The third kappa shape index (κ3) is 8.08. The third-order valence-electron chi connectivity index (χ3n) is 6.31. The van der Waals surface area contributed by atoms with Gasteiger partial charge in [-0.3, -0.25) is 13.9 Å². The van der Waals surface area contributed by atoms with E-state index in [9.17, 15) is 18.0 Å². The van der Waals surface area contributed by atoms with E-state index >= 15 is 0 Å². The molecule has 1 N–H and O–H groups in total. The zero-order valence-corrected chi connectivity index (χ0v) is 25.4. The Kier molecular flexibility index (Phi) is 11.6. The normalized spacial score (nSPS) is 11.9. The molecule has 8 nitrogen and oxygen atoms in total. The molecule has 10 heteroatoms. The van der Waals surface area contributed by atoms with E-state index in [1.165, 1.54) is 17.0 Å². The standard InChI is InChI=1S/C30H36BrN3O5S/c1-4-6-20-32-30(36)23(3)33(21-24-16-18-25(31)19-17-24)29(35)22-34(27-14-10-11-15-28(27)39-5-2)40(37,38)26-12-8-7-9-13-26/h7-19,23H,4-6,20-22H2,1-3H3,(H,32,36)/t23-/m1/s1. The lowest BCUT2D eigenvalue weighted by Crippen LogP contribution is -2.51. The summed E-state index contributed by atoms with van der Waals surface area (Å²) in [7, 11) is -4.17. The summed E-state index contributed by atoms with van der Waals surface area (Å²) in [6.45, 7) is 5.90. The van der Waals surface area contributed by atoms with Crippen LogP contribution in [0.2, 0.25) is 0 Å². The van der Waals surface area contributed by atoms with Crippen molar-refractivity contribution in [2.24, 2.45) is 0 Å². The fourth-order valence-corrected chi connectivity index (χ4v) is 5.79. The number of ether oxygens (including phenoxy) is 1. The van der Waals surface area contributed by atoms with Gasteiger partial charge in [-0.2, -0.15) is 0 Å². The van der Waals surface area contributed by atoms with Gasteiger partial charge >= 0.3 is 0 Å². The van der Waals surface area contributed by atoms with Crippen molar-refractivity contribution in [3.8, 4) is 5.75 Å². The predicted octanol–water partition coefficient (Wildman–Crippen LogP) is 5.38. The van der Waals surface area contributed by atoms with Crippen LogP contribution in [0.5, 0.6) is 5.75 Å². The summed E-state index contributed by atoms with van der Waals surface area (Å²) in [5, 5.41) is 2.89. The lowest BCUT2D eigenvalue weighted by molar-refractivity contribution is -0.139. The van der Waals surface area contributed by atoms with Crippen molar-refractivity contribution in [2.45, 2.75) is 51.1 Å². The van der Waals surface area contributed by atoms with Gasteiger partial charge in [0.15, 0.2) is 0 Å². The van der Waals surface area contributed by atoms with Gasteiger partial charge in [0.05, 0.1) is 17.2 Å². The summed E-state index contributed by atoms with van der Waals surface area (Å²) in [5.74, 6) is -0.486. The quantitative estimate of drug-likeness (QED) is 0.242. The van der Waals surface area contributed by atoms with Gasteiger partial charge in [-0.05, 0) is 62.2 Å². The monoisotopic (exact) mass is 629 g/mol. The fourth-order valence-electron chi connectivity index (χ4n) is 4.08. The van der Waals surface area contributed by atoms with Crippen molar-refractivity contribution < 1.29 is 22.7 Å². The first-order chi connectivity index (χ1) is 19.2. The van der Waals surface area contributed by atoms with Gasteiger partial charge in [-0.1, -0.05) is 71.7 Å². The molecule has 1 atom stereocenters. The van der Waals surface area contributed by atoms with Crippen LogP contribution >= 0.6 is 15.9 Å². The van der Waals surface area contributed by atoms with Crippen LogP contribution in [0.15, 0.2) is 88.2 Å². The van der Waals surface area contributed by atoms with Gasteiger partial charge in [-0.15, -0.1) is 0 Å². The first kappa shape index (κ1) is 31.2. The molecule has 3 aromatic carbocycles. The van der Waals surface area contributed by atoms with Gasteiger partial charge in [0.1, 0.15) is 18.3 Å². The second-order valence-corrected chi connectivity index (χ2v) is 12.0. The maximum absolute atomic E-state index is 14.0. The second-order valence-electron chi connectivity index (χ2n) is 9.19. The summed E-state index contributed by atoms with van der Waals surface area (Å²) in [5.41, 5.74) is 1.04. The zero-order chi connectivity index (χ0) is 29.1. The molecule has 3 aromatic rings. The average Bonchev–Trinajstić information content (AvgIpc) is 2.96. The molecule has 40 heavy (non-hydrogen) atoms. The van der Waals surface area contributed by atoms with E-state index in [0.29, 0.717) is 18.9 Å². The van der Waals surface area contributed by atoms with Crippen molar-refractivity contribution in [1.29, 1.82) is 0 Å². The molecule has 0 saturated heterocycles. The number of carbonyl (C=O) groups is 2. The van der Waals surface area contributed by atoms with Crippen LogP contribution in [-0.4, -0.2) is 50.9 Å². The van der Waals surface area contributed by atoms with Gasteiger partial charge in [0.2, 0.25) is 11.8 Å². The van der Waals surface area contributed by atoms with E-state index in [4.69, 9.17) is 4.74 Å². The van der Waals surface area contributed by atoms with Crippen molar-refractivity contribution in [1.82, 2.24) is 10.2 Å². The van der Waals surface area contributed by atoms with Crippen molar-refractivity contribution in [2.75, 3.05) is 24.0 Å². The van der Waals surface area contributed by atoms with Crippen LogP contribution in [0.1, 0.15) is 39.2 Å². The minimum atomic E-state index is -4.17. The van der Waals surface area contributed by atoms with E-state index in [0.717, 1.165) is 27.2 Å². The number of unbranched alkanes of at least 4 members (excludes halogenated alkanes) is 1. The molecule has 0 spiro atoms. The Morgan fingerprint density at radius 3 is 2.25 bits per heavy atom. The highest BCUT2D eigenvalue weighted by Crippen LogP contribution is 2.33. The number of nitrogens with zero attached hydrogens (tertiary/aromatic N) is 2. The third-order valence-corrected chi connectivity index (χ3v) is 8.61. The Labute approximate surface area is 245 Å². The van der Waals surface area contributed by atoms with Crippen LogP contribution in [-0.2, 0) is 26.2 Å². The molecule has 0 heterocycles. The number of benzene rings is 3. The van der Waals surface area contributed by atoms with E-state index in [-0.39, 0.29) is 23.0 Å². The highest BCUT2D eigenvalue weighted by molar-refractivity contribution is 9.10. The molecule has 0 aliphatic heterocycles. The van der Waals surface area contributed by atoms with Crippen molar-refractivity contribution in [3.05, 3.63) is 88.9 Å². The maximum atomic E-state index is 14.0. The number of para-hydroxylation sites is 2. The number of sulfonamides is 1. The number of amides is 2. The molecule has 0 radical (unpaired) electrons. The molecular formula is C30H36BrN3O5S. The van der Waals surface area contributed by atoms with Gasteiger partial charge < -0.3 is 15.0 Å². The molecule has 0 saturated carbocycles. The molecule has 2 amide bonds. The lowest BCUT2D eigenvalue weighted by atomic mass is 10.1. The van der Waals surface area contributed by atoms with Crippen LogP contribution in [0.3, 0.4) is 0 Å². The molecule has 214 valence electrons. The van der Waals surface area contributed by atoms with E-state index in [1.54, 1.807) is 56.3 Å². The highest BCUT2D eigenvalue weighted by Gasteiger charge is 2.33. The maximum Gasteiger partial charge on any atom is 0.264 e. The van der Waals surface area contributed by atoms with Gasteiger partial charge in [0.25, 0.3) is 10.0 Å². The fraction of sp³-hybridized carbons (Fsp3) is 0.333. The minimum Gasteiger partial charge on any atom is -0.492 e. The van der Waals surface area contributed by atoms with E-state index < -0.39 is 28.5 Å². The molecule has 0 aliphatic rings. The minimum absolute atomic E-state index is 0.0407. The number of hydrogen-bond donors (Lipinski definition) is 1. The number of nitrogens with one attached hydrogen (secondary N) is 1. The molecular weight excluding hydrogens is 594 g/mol. The number of anilines is 1. The van der Waals surface area contributed by atoms with Crippen molar-refractivity contribution >= 4 is 43.5 Å². The van der Waals surface area contributed by atoms with Gasteiger partial charge in [-0.25, -0.2) is 8.42 Å². The van der Waals surface area contributed by atoms with Crippen LogP contribution in [0.25, 0.3) is 0 Å². The zero-order valence-electron chi connectivity index (χ0n) is 23.0. The van der Waals surface area contributed by atoms with E-state index in [1.807, 2.05) is 31.2 Å². The van der Waals surface area contributed by atoms with Crippen LogP contribution < -0.4 is 14.4 Å². The SMILES string of the molecule is CCCCNC(=O)[C@@H](C)N(Cc1ccc(Br)cc1)C(=O)CN(c1ccccc1OCC)S(=O)(=O)c1ccccc1. The highest BCUT2D eigenvalue weighted by atomic mass is 79.9. The first-order valence-corrected chi connectivity index (χ1v) is 15.5. The smallest absolute Gasteiger partial charge is 0.264 e. The topological polar surface area (TPSA) is 96.0 Å². The first-order valence-electron chi connectivity index (χ1n) is 13.3. The Hall–Kier alpha value is -3.37. The Bertz CT molecular complexity index is 1370. The summed E-state index contributed by atoms with van der Waals surface area (Å²) in [4.78, 5) is 28.5.